The smallest absolute Gasteiger partial charge is 0.229 e. The molecule has 3 rings (SSSR count). The van der Waals surface area contributed by atoms with Crippen LogP contribution in [0.2, 0.25) is 10.0 Å². The lowest BCUT2D eigenvalue weighted by Crippen LogP contribution is -2.39. The minimum absolute atomic E-state index is 0.0518. The number of hydrogen-bond donors (Lipinski definition) is 1. The molecular weight excluding hydrogens is 457 g/mol. The van der Waals surface area contributed by atoms with E-state index >= 15 is 0 Å². The number of likely N-dealkylation sites (N-methyl/N-ethyl adjacent to an activating group) is 1. The van der Waals surface area contributed by atoms with Crippen molar-refractivity contribution < 1.29 is 13.2 Å². The molecule has 1 fully saturated rings. The number of sulfonamides is 1. The van der Waals surface area contributed by atoms with Crippen LogP contribution in [0.5, 0.6) is 0 Å². The second kappa shape index (κ2) is 10.2. The number of carbonyl (C=O) groups excluding carboxylic acids is 1. The van der Waals surface area contributed by atoms with Gasteiger partial charge in [0.25, 0.3) is 0 Å². The Morgan fingerprint density at radius 1 is 1.13 bits per heavy atom. The van der Waals surface area contributed by atoms with Crippen molar-refractivity contribution in [2.24, 2.45) is 0 Å². The number of benzene rings is 2. The van der Waals surface area contributed by atoms with Crippen molar-refractivity contribution in [3.63, 3.8) is 0 Å². The maximum absolute atomic E-state index is 13.1. The number of halogens is 2. The normalized spacial score (nSPS) is 15.6. The molecule has 0 bridgehead atoms. The van der Waals surface area contributed by atoms with E-state index in [2.05, 4.69) is 9.62 Å². The van der Waals surface area contributed by atoms with Crippen LogP contribution in [0, 0.1) is 0 Å². The Labute approximate surface area is 194 Å². The van der Waals surface area contributed by atoms with E-state index in [1.54, 1.807) is 48.3 Å². The van der Waals surface area contributed by atoms with Gasteiger partial charge in [0.15, 0.2) is 0 Å². The largest absolute Gasteiger partial charge is 0.337 e. The summed E-state index contributed by atoms with van der Waals surface area (Å²) in [5, 5.41) is 0.871. The van der Waals surface area contributed by atoms with E-state index in [9.17, 15) is 13.2 Å². The van der Waals surface area contributed by atoms with Crippen molar-refractivity contribution in [3.8, 4) is 0 Å². The SMILES string of the molecule is CN(C(=O)Cc1ccc(Cl)c(Cl)c1)[C@H](CN1CCCC1)c1cccc(NS(C)(=O)=O)c1. The number of nitrogens with zero attached hydrogens (tertiary/aromatic N) is 2. The Bertz CT molecular complexity index is 1040. The molecule has 2 aromatic rings. The molecule has 0 radical (unpaired) electrons. The first kappa shape index (κ1) is 23.9. The lowest BCUT2D eigenvalue weighted by Gasteiger charge is -2.32. The molecule has 0 saturated carbocycles. The number of likely N-dealkylation sites (tertiary alicyclic amines) is 1. The molecule has 1 amide bonds. The Kier molecular flexibility index (Phi) is 7.86. The van der Waals surface area contributed by atoms with Gasteiger partial charge in [-0.25, -0.2) is 8.42 Å². The van der Waals surface area contributed by atoms with Crippen LogP contribution < -0.4 is 4.72 Å². The molecular formula is C22H27Cl2N3O3S. The molecule has 2 aromatic carbocycles. The van der Waals surface area contributed by atoms with Crippen LogP contribution in [0.1, 0.15) is 30.0 Å². The zero-order chi connectivity index (χ0) is 22.6. The van der Waals surface area contributed by atoms with Gasteiger partial charge in [-0.1, -0.05) is 41.4 Å². The Morgan fingerprint density at radius 2 is 1.84 bits per heavy atom. The lowest BCUT2D eigenvalue weighted by atomic mass is 10.0. The molecule has 6 nitrogen and oxygen atoms in total. The Hall–Kier alpha value is -1.80. The van der Waals surface area contributed by atoms with Gasteiger partial charge in [-0.05, 0) is 61.3 Å². The topological polar surface area (TPSA) is 69.7 Å². The third kappa shape index (κ3) is 6.84. The predicted molar refractivity (Wildman–Crippen MR) is 126 cm³/mol. The van der Waals surface area contributed by atoms with Crippen molar-refractivity contribution >= 4 is 44.8 Å². The molecule has 1 atom stereocenters. The summed E-state index contributed by atoms with van der Waals surface area (Å²) in [4.78, 5) is 17.2. The number of anilines is 1. The summed E-state index contributed by atoms with van der Waals surface area (Å²) in [7, 11) is -1.60. The summed E-state index contributed by atoms with van der Waals surface area (Å²) in [6.45, 7) is 2.67. The molecule has 1 heterocycles. The molecule has 31 heavy (non-hydrogen) atoms. The quantitative estimate of drug-likeness (QED) is 0.610. The Balaban J connectivity index is 1.84. The highest BCUT2D eigenvalue weighted by Crippen LogP contribution is 2.27. The van der Waals surface area contributed by atoms with Crippen LogP contribution in [0.25, 0.3) is 0 Å². The Morgan fingerprint density at radius 3 is 2.48 bits per heavy atom. The maximum atomic E-state index is 13.1. The van der Waals surface area contributed by atoms with E-state index in [1.807, 2.05) is 6.07 Å². The highest BCUT2D eigenvalue weighted by molar-refractivity contribution is 7.92. The third-order valence-corrected chi connectivity index (χ3v) is 6.75. The lowest BCUT2D eigenvalue weighted by molar-refractivity contribution is -0.131. The highest BCUT2D eigenvalue weighted by atomic mass is 35.5. The molecule has 1 N–H and O–H groups in total. The number of rotatable bonds is 8. The van der Waals surface area contributed by atoms with Gasteiger partial charge >= 0.3 is 0 Å². The van der Waals surface area contributed by atoms with Gasteiger partial charge in [0, 0.05) is 19.3 Å². The van der Waals surface area contributed by atoms with Crippen LogP contribution >= 0.6 is 23.2 Å². The first-order valence-corrected chi connectivity index (χ1v) is 12.8. The van der Waals surface area contributed by atoms with E-state index in [0.29, 0.717) is 22.3 Å². The molecule has 0 spiro atoms. The highest BCUT2D eigenvalue weighted by Gasteiger charge is 2.26. The molecule has 1 aliphatic rings. The first-order valence-electron chi connectivity index (χ1n) is 10.1. The summed E-state index contributed by atoms with van der Waals surface area (Å²) in [6, 6.07) is 12.2. The summed E-state index contributed by atoms with van der Waals surface area (Å²) < 4.78 is 25.8. The molecule has 1 saturated heterocycles. The molecule has 1 aliphatic heterocycles. The minimum atomic E-state index is -3.39. The summed E-state index contributed by atoms with van der Waals surface area (Å²) >= 11 is 12.1. The standard InChI is InChI=1S/C22H27Cl2N3O3S/c1-26(22(28)13-16-8-9-19(23)20(24)12-16)21(15-27-10-3-4-11-27)17-6-5-7-18(14-17)25-31(2,29)30/h5-9,12,14,21,25H,3-4,10-11,13,15H2,1-2H3/t21-/m1/s1. The van der Waals surface area contributed by atoms with E-state index in [4.69, 9.17) is 23.2 Å². The van der Waals surface area contributed by atoms with Crippen molar-refractivity contribution in [2.75, 3.05) is 37.7 Å². The average Bonchev–Trinajstić information content (AvgIpc) is 3.20. The monoisotopic (exact) mass is 483 g/mol. The molecule has 0 aromatic heterocycles. The molecule has 9 heteroatoms. The van der Waals surface area contributed by atoms with Gasteiger partial charge in [-0.2, -0.15) is 0 Å². The van der Waals surface area contributed by atoms with Crippen LogP contribution in [0.15, 0.2) is 42.5 Å². The van der Waals surface area contributed by atoms with Gasteiger partial charge in [0.1, 0.15) is 0 Å². The summed E-state index contributed by atoms with van der Waals surface area (Å²) in [5.41, 5.74) is 2.15. The second-order valence-corrected chi connectivity index (χ2v) is 10.5. The zero-order valence-corrected chi connectivity index (χ0v) is 20.0. The van der Waals surface area contributed by atoms with Crippen molar-refractivity contribution in [1.82, 2.24) is 9.80 Å². The molecule has 0 unspecified atom stereocenters. The van der Waals surface area contributed by atoms with Crippen molar-refractivity contribution in [2.45, 2.75) is 25.3 Å². The van der Waals surface area contributed by atoms with Crippen LogP contribution in [0.4, 0.5) is 5.69 Å². The number of amides is 1. The van der Waals surface area contributed by atoms with Gasteiger partial charge < -0.3 is 9.80 Å². The summed E-state index contributed by atoms with van der Waals surface area (Å²) in [6.07, 6.45) is 3.60. The van der Waals surface area contributed by atoms with E-state index < -0.39 is 10.0 Å². The van der Waals surface area contributed by atoms with Crippen molar-refractivity contribution in [3.05, 3.63) is 63.6 Å². The first-order chi connectivity index (χ1) is 14.6. The molecule has 168 valence electrons. The fraction of sp³-hybridized carbons (Fsp3) is 0.409. The van der Waals surface area contributed by atoms with E-state index in [0.717, 1.165) is 43.3 Å². The zero-order valence-electron chi connectivity index (χ0n) is 17.6. The number of carbonyl (C=O) groups is 1. The van der Waals surface area contributed by atoms with Crippen molar-refractivity contribution in [1.29, 1.82) is 0 Å². The molecule has 0 aliphatic carbocycles. The fourth-order valence-corrected chi connectivity index (χ4v) is 4.68. The van der Waals surface area contributed by atoms with Gasteiger partial charge in [-0.15, -0.1) is 0 Å². The van der Waals surface area contributed by atoms with Gasteiger partial charge in [0.05, 0.1) is 28.8 Å². The van der Waals surface area contributed by atoms with Gasteiger partial charge in [0.2, 0.25) is 15.9 Å². The van der Waals surface area contributed by atoms with E-state index in [1.165, 1.54) is 0 Å². The van der Waals surface area contributed by atoms with E-state index in [-0.39, 0.29) is 18.4 Å². The number of hydrogen-bond acceptors (Lipinski definition) is 4. The van der Waals surface area contributed by atoms with Crippen LogP contribution in [-0.4, -0.2) is 57.1 Å². The summed E-state index contributed by atoms with van der Waals surface area (Å²) in [5.74, 6) is -0.0518. The number of nitrogens with one attached hydrogen (secondary N) is 1. The predicted octanol–water partition coefficient (Wildman–Crippen LogP) is 4.20. The van der Waals surface area contributed by atoms with Crippen LogP contribution in [-0.2, 0) is 21.2 Å². The van der Waals surface area contributed by atoms with Crippen LogP contribution in [0.3, 0.4) is 0 Å². The average molecular weight is 484 g/mol. The minimum Gasteiger partial charge on any atom is -0.337 e. The van der Waals surface area contributed by atoms with Gasteiger partial charge in [-0.3, -0.25) is 9.52 Å². The maximum Gasteiger partial charge on any atom is 0.229 e. The second-order valence-electron chi connectivity index (χ2n) is 7.95. The third-order valence-electron chi connectivity index (χ3n) is 5.40. The fourth-order valence-electron chi connectivity index (χ4n) is 3.81.